The molecule has 0 unspecified atom stereocenters. The van der Waals surface area contributed by atoms with Gasteiger partial charge in [0.25, 0.3) is 0 Å². The van der Waals surface area contributed by atoms with Crippen LogP contribution in [0.15, 0.2) is 23.2 Å². The second kappa shape index (κ2) is 3.47. The van der Waals surface area contributed by atoms with Gasteiger partial charge in [0.05, 0.1) is 17.3 Å². The maximum Gasteiger partial charge on any atom is 0.240 e. The zero-order valence-electron chi connectivity index (χ0n) is 6.53. The van der Waals surface area contributed by atoms with Crippen LogP contribution in [-0.4, -0.2) is 6.08 Å². The molecule has 0 aliphatic carbocycles. The molecule has 0 spiro atoms. The molecule has 0 N–H and O–H groups in total. The molecule has 0 saturated carbocycles. The minimum absolute atomic E-state index is 0.474. The number of isocyanates is 1. The number of hydrogen-bond acceptors (Lipinski definition) is 3. The van der Waals surface area contributed by atoms with E-state index in [-0.39, 0.29) is 0 Å². The topological polar surface area (TPSA) is 53.2 Å². The molecule has 0 aliphatic heterocycles. The highest BCUT2D eigenvalue weighted by Crippen LogP contribution is 2.15. The number of benzene rings is 1. The van der Waals surface area contributed by atoms with Crippen LogP contribution in [0, 0.1) is 18.3 Å². The lowest BCUT2D eigenvalue weighted by atomic mass is 10.1. The van der Waals surface area contributed by atoms with Crippen molar-refractivity contribution in [3.05, 3.63) is 29.3 Å². The number of rotatable bonds is 1. The summed E-state index contributed by atoms with van der Waals surface area (Å²) in [6.45, 7) is 1.84. The highest BCUT2D eigenvalue weighted by atomic mass is 16.1. The van der Waals surface area contributed by atoms with E-state index in [0.717, 1.165) is 5.56 Å². The molecule has 12 heavy (non-hydrogen) atoms. The summed E-state index contributed by atoms with van der Waals surface area (Å²) in [7, 11) is 0. The third kappa shape index (κ3) is 1.79. The monoisotopic (exact) mass is 158 g/mol. The Morgan fingerprint density at radius 1 is 1.42 bits per heavy atom. The van der Waals surface area contributed by atoms with E-state index in [1.54, 1.807) is 12.1 Å². The van der Waals surface area contributed by atoms with Crippen molar-refractivity contribution in [2.24, 2.45) is 4.99 Å². The SMILES string of the molecule is Cc1cc(C#N)cc(N=C=O)c1. The molecule has 0 fully saturated rings. The van der Waals surface area contributed by atoms with E-state index in [1.165, 1.54) is 12.1 Å². The molecule has 1 rings (SSSR count). The first-order chi connectivity index (χ1) is 5.76. The van der Waals surface area contributed by atoms with Gasteiger partial charge in [0.1, 0.15) is 0 Å². The summed E-state index contributed by atoms with van der Waals surface area (Å²) in [6, 6.07) is 6.96. The zero-order valence-corrected chi connectivity index (χ0v) is 6.53. The minimum Gasteiger partial charge on any atom is -0.211 e. The Kier molecular flexibility index (Phi) is 2.37. The summed E-state index contributed by atoms with van der Waals surface area (Å²) < 4.78 is 0. The number of aryl methyl sites for hydroxylation is 1. The Labute approximate surface area is 70.0 Å². The molecule has 3 nitrogen and oxygen atoms in total. The quantitative estimate of drug-likeness (QED) is 0.462. The maximum atomic E-state index is 9.91. The minimum atomic E-state index is 0.474. The molecular weight excluding hydrogens is 152 g/mol. The molecule has 58 valence electrons. The maximum absolute atomic E-state index is 9.91. The molecule has 0 saturated heterocycles. The third-order valence-corrected chi connectivity index (χ3v) is 1.37. The van der Waals surface area contributed by atoms with Crippen LogP contribution < -0.4 is 0 Å². The van der Waals surface area contributed by atoms with Crippen LogP contribution in [0.25, 0.3) is 0 Å². The van der Waals surface area contributed by atoms with Gasteiger partial charge >= 0.3 is 0 Å². The lowest BCUT2D eigenvalue weighted by Crippen LogP contribution is -1.76. The van der Waals surface area contributed by atoms with Gasteiger partial charge in [0.15, 0.2) is 0 Å². The van der Waals surface area contributed by atoms with Gasteiger partial charge in [-0.15, -0.1) is 0 Å². The summed E-state index contributed by atoms with van der Waals surface area (Å²) in [4.78, 5) is 13.3. The lowest BCUT2D eigenvalue weighted by molar-refractivity contribution is 0.565. The van der Waals surface area contributed by atoms with Crippen molar-refractivity contribution in [2.45, 2.75) is 6.92 Å². The van der Waals surface area contributed by atoms with Gasteiger partial charge in [-0.1, -0.05) is 0 Å². The second-order valence-electron chi connectivity index (χ2n) is 2.37. The van der Waals surface area contributed by atoms with Gasteiger partial charge in [-0.2, -0.15) is 10.3 Å². The molecular formula is C9H6N2O. The lowest BCUT2D eigenvalue weighted by Gasteiger charge is -1.94. The van der Waals surface area contributed by atoms with Crippen LogP contribution in [0.3, 0.4) is 0 Å². The number of nitriles is 1. The van der Waals surface area contributed by atoms with Gasteiger partial charge in [0, 0.05) is 0 Å². The fraction of sp³-hybridized carbons (Fsp3) is 0.111. The van der Waals surface area contributed by atoms with Crippen molar-refractivity contribution >= 4 is 11.8 Å². The van der Waals surface area contributed by atoms with E-state index in [9.17, 15) is 4.79 Å². The Morgan fingerprint density at radius 3 is 2.75 bits per heavy atom. The van der Waals surface area contributed by atoms with Crippen LogP contribution >= 0.6 is 0 Å². The number of aliphatic imine (C=N–C) groups is 1. The fourth-order valence-electron chi connectivity index (χ4n) is 0.945. The first-order valence-corrected chi connectivity index (χ1v) is 3.36. The Hall–Kier alpha value is -1.91. The van der Waals surface area contributed by atoms with E-state index in [4.69, 9.17) is 5.26 Å². The summed E-state index contributed by atoms with van der Waals surface area (Å²) in [6.07, 6.45) is 1.43. The fourth-order valence-corrected chi connectivity index (χ4v) is 0.945. The van der Waals surface area contributed by atoms with E-state index >= 15 is 0 Å². The molecule has 0 heterocycles. The molecule has 0 amide bonds. The molecule has 0 atom stereocenters. The zero-order chi connectivity index (χ0) is 8.97. The average Bonchev–Trinajstić information content (AvgIpc) is 2.04. The van der Waals surface area contributed by atoms with Crippen molar-refractivity contribution in [1.29, 1.82) is 5.26 Å². The molecule has 0 radical (unpaired) electrons. The van der Waals surface area contributed by atoms with Crippen molar-refractivity contribution < 1.29 is 4.79 Å². The highest BCUT2D eigenvalue weighted by Gasteiger charge is 1.95. The molecule has 3 heteroatoms. The summed E-state index contributed by atoms with van der Waals surface area (Å²) in [5.41, 5.74) is 1.88. The molecule has 0 aliphatic rings. The van der Waals surface area contributed by atoms with Crippen LogP contribution in [-0.2, 0) is 4.79 Å². The van der Waals surface area contributed by atoms with E-state index in [1.807, 2.05) is 13.0 Å². The van der Waals surface area contributed by atoms with Crippen LogP contribution in [0.1, 0.15) is 11.1 Å². The number of nitrogens with zero attached hydrogens (tertiary/aromatic N) is 2. The predicted molar refractivity (Wildman–Crippen MR) is 43.7 cm³/mol. The van der Waals surface area contributed by atoms with Gasteiger partial charge in [-0.25, -0.2) is 4.79 Å². The van der Waals surface area contributed by atoms with Crippen molar-refractivity contribution in [3.8, 4) is 6.07 Å². The standard InChI is InChI=1S/C9H6N2O/c1-7-2-8(5-10)4-9(3-7)11-6-12/h2-4H,1H3. The van der Waals surface area contributed by atoms with Crippen molar-refractivity contribution in [2.75, 3.05) is 0 Å². The van der Waals surface area contributed by atoms with E-state index in [2.05, 4.69) is 4.99 Å². The van der Waals surface area contributed by atoms with Crippen LogP contribution in [0.4, 0.5) is 5.69 Å². The smallest absolute Gasteiger partial charge is 0.211 e. The van der Waals surface area contributed by atoms with E-state index in [0.29, 0.717) is 11.3 Å². The Balaban J connectivity index is 3.25. The molecule has 1 aromatic rings. The van der Waals surface area contributed by atoms with Crippen LogP contribution in [0.5, 0.6) is 0 Å². The first-order valence-electron chi connectivity index (χ1n) is 3.36. The largest absolute Gasteiger partial charge is 0.240 e. The van der Waals surface area contributed by atoms with Gasteiger partial charge in [0.2, 0.25) is 6.08 Å². The second-order valence-corrected chi connectivity index (χ2v) is 2.37. The third-order valence-electron chi connectivity index (χ3n) is 1.37. The summed E-state index contributed by atoms with van der Waals surface area (Å²) >= 11 is 0. The van der Waals surface area contributed by atoms with Crippen molar-refractivity contribution in [1.82, 2.24) is 0 Å². The highest BCUT2D eigenvalue weighted by molar-refractivity contribution is 5.53. The van der Waals surface area contributed by atoms with Gasteiger partial charge < -0.3 is 0 Å². The van der Waals surface area contributed by atoms with E-state index < -0.39 is 0 Å². The van der Waals surface area contributed by atoms with Crippen molar-refractivity contribution in [3.63, 3.8) is 0 Å². The predicted octanol–water partition coefficient (Wildman–Crippen LogP) is 1.83. The van der Waals surface area contributed by atoms with Gasteiger partial charge in [-0.05, 0) is 30.7 Å². The molecule has 0 aromatic heterocycles. The number of hydrogen-bond donors (Lipinski definition) is 0. The Morgan fingerprint density at radius 2 is 2.17 bits per heavy atom. The summed E-state index contributed by atoms with van der Waals surface area (Å²) in [5, 5.41) is 8.56. The number of carbonyl (C=O) groups excluding carboxylic acids is 1. The molecule has 0 bridgehead atoms. The van der Waals surface area contributed by atoms with Gasteiger partial charge in [-0.3, -0.25) is 0 Å². The average molecular weight is 158 g/mol. The first kappa shape index (κ1) is 8.19. The Bertz CT molecular complexity index is 384. The summed E-state index contributed by atoms with van der Waals surface area (Å²) in [5.74, 6) is 0. The normalized spacial score (nSPS) is 8.33. The molecule has 1 aromatic carbocycles. The van der Waals surface area contributed by atoms with Crippen LogP contribution in [0.2, 0.25) is 0 Å².